The van der Waals surface area contributed by atoms with E-state index in [0.717, 1.165) is 54.0 Å². The van der Waals surface area contributed by atoms with E-state index < -0.39 is 0 Å². The quantitative estimate of drug-likeness (QED) is 0.656. The van der Waals surface area contributed by atoms with Crippen molar-refractivity contribution in [2.45, 2.75) is 13.1 Å². The van der Waals surface area contributed by atoms with Gasteiger partial charge in [0.15, 0.2) is 0 Å². The van der Waals surface area contributed by atoms with Crippen molar-refractivity contribution in [2.75, 3.05) is 45.4 Å². The van der Waals surface area contributed by atoms with Crippen molar-refractivity contribution >= 4 is 22.5 Å². The fourth-order valence-electron chi connectivity index (χ4n) is 3.80. The normalized spacial score (nSPS) is 13.8. The lowest BCUT2D eigenvalue weighted by atomic mass is 10.1. The van der Waals surface area contributed by atoms with E-state index in [-0.39, 0.29) is 6.03 Å². The molecule has 1 aliphatic rings. The summed E-state index contributed by atoms with van der Waals surface area (Å²) in [5.74, 6) is 0.841. The van der Waals surface area contributed by atoms with Crippen molar-refractivity contribution in [1.82, 2.24) is 10.2 Å². The fraction of sp³-hybridized carbons (Fsp3) is 0.320. The van der Waals surface area contributed by atoms with Gasteiger partial charge in [0.2, 0.25) is 0 Å². The highest BCUT2D eigenvalue weighted by Crippen LogP contribution is 2.22. The van der Waals surface area contributed by atoms with Gasteiger partial charge in [-0.1, -0.05) is 30.3 Å². The first-order valence-corrected chi connectivity index (χ1v) is 10.6. The third-order valence-corrected chi connectivity index (χ3v) is 5.63. The van der Waals surface area contributed by atoms with Crippen LogP contribution in [0.5, 0.6) is 5.75 Å². The molecule has 0 unspecified atom stereocenters. The highest BCUT2D eigenvalue weighted by atomic mass is 16.5. The van der Waals surface area contributed by atoms with E-state index in [1.165, 1.54) is 5.69 Å². The number of urea groups is 1. The van der Waals surface area contributed by atoms with E-state index >= 15 is 0 Å². The van der Waals surface area contributed by atoms with Crippen LogP contribution in [0.4, 0.5) is 10.5 Å². The van der Waals surface area contributed by atoms with E-state index in [0.29, 0.717) is 13.1 Å². The molecule has 0 aliphatic carbocycles. The van der Waals surface area contributed by atoms with Gasteiger partial charge in [-0.15, -0.1) is 0 Å². The number of anilines is 1. The van der Waals surface area contributed by atoms with Crippen LogP contribution in [0, 0.1) is 0 Å². The highest BCUT2D eigenvalue weighted by Gasteiger charge is 2.12. The number of morpholine rings is 1. The minimum absolute atomic E-state index is 0.0907. The van der Waals surface area contributed by atoms with Crippen molar-refractivity contribution in [3.05, 3.63) is 71.8 Å². The van der Waals surface area contributed by atoms with E-state index in [4.69, 9.17) is 9.47 Å². The topological polar surface area (TPSA) is 54.0 Å². The second-order valence-electron chi connectivity index (χ2n) is 7.83. The third kappa shape index (κ3) is 5.27. The fourth-order valence-corrected chi connectivity index (χ4v) is 3.80. The summed E-state index contributed by atoms with van der Waals surface area (Å²) in [5, 5.41) is 5.25. The Morgan fingerprint density at radius 1 is 1.00 bits per heavy atom. The molecule has 0 radical (unpaired) electrons. The molecule has 2 amide bonds. The van der Waals surface area contributed by atoms with Gasteiger partial charge < -0.3 is 24.6 Å². The molecule has 0 aromatic heterocycles. The Morgan fingerprint density at radius 3 is 2.42 bits per heavy atom. The number of nitrogens with one attached hydrogen (secondary N) is 1. The molecule has 0 atom stereocenters. The number of fused-ring (bicyclic) bond motifs is 1. The van der Waals surface area contributed by atoms with Crippen LogP contribution in [0.2, 0.25) is 0 Å². The van der Waals surface area contributed by atoms with Gasteiger partial charge in [0.1, 0.15) is 5.75 Å². The van der Waals surface area contributed by atoms with Crippen LogP contribution >= 0.6 is 0 Å². The maximum atomic E-state index is 12.6. The first-order valence-electron chi connectivity index (χ1n) is 10.6. The van der Waals surface area contributed by atoms with E-state index in [1.54, 1.807) is 12.0 Å². The number of carbonyl (C=O) groups excluding carboxylic acids is 1. The molecule has 3 aromatic rings. The average molecular weight is 420 g/mol. The summed E-state index contributed by atoms with van der Waals surface area (Å²) in [6.07, 6.45) is 0. The lowest BCUT2D eigenvalue weighted by Crippen LogP contribution is -2.36. The molecule has 0 spiro atoms. The summed E-state index contributed by atoms with van der Waals surface area (Å²) >= 11 is 0. The number of benzene rings is 3. The Balaban J connectivity index is 1.30. The molecule has 0 bridgehead atoms. The minimum Gasteiger partial charge on any atom is -0.497 e. The van der Waals surface area contributed by atoms with Gasteiger partial charge in [0.25, 0.3) is 0 Å². The molecule has 1 saturated heterocycles. The summed E-state index contributed by atoms with van der Waals surface area (Å²) in [6, 6.07) is 20.5. The van der Waals surface area contributed by atoms with Gasteiger partial charge in [-0.2, -0.15) is 0 Å². The summed E-state index contributed by atoms with van der Waals surface area (Å²) < 4.78 is 10.7. The Bertz CT molecular complexity index is 1030. The minimum atomic E-state index is -0.0907. The van der Waals surface area contributed by atoms with Crippen molar-refractivity contribution in [1.29, 1.82) is 0 Å². The first kappa shape index (κ1) is 21.0. The standard InChI is InChI=1S/C25H29N3O3/c1-27(18-19-4-8-23(9-5-19)28-11-13-31-14-12-28)25(29)26-17-20-3-6-22-16-24(30-2)10-7-21(22)15-20/h3-10,15-16H,11-14,17-18H2,1-2H3,(H,26,29). The van der Waals surface area contributed by atoms with Gasteiger partial charge in [-0.25, -0.2) is 4.79 Å². The molecule has 6 heteroatoms. The summed E-state index contributed by atoms with van der Waals surface area (Å²) in [7, 11) is 3.48. The monoisotopic (exact) mass is 419 g/mol. The molecule has 1 heterocycles. The molecular formula is C25H29N3O3. The van der Waals surface area contributed by atoms with Gasteiger partial charge >= 0.3 is 6.03 Å². The van der Waals surface area contributed by atoms with E-state index in [9.17, 15) is 4.79 Å². The number of ether oxygens (including phenoxy) is 2. The molecule has 1 N–H and O–H groups in total. The van der Waals surface area contributed by atoms with E-state index in [2.05, 4.69) is 46.6 Å². The van der Waals surface area contributed by atoms with Crippen molar-refractivity contribution in [2.24, 2.45) is 0 Å². The summed E-state index contributed by atoms with van der Waals surface area (Å²) in [5.41, 5.74) is 3.37. The van der Waals surface area contributed by atoms with Crippen LogP contribution in [0.25, 0.3) is 10.8 Å². The number of amides is 2. The van der Waals surface area contributed by atoms with Crippen LogP contribution in [0.3, 0.4) is 0 Å². The molecule has 4 rings (SSSR count). The first-order chi connectivity index (χ1) is 15.1. The molecule has 1 fully saturated rings. The predicted octanol–water partition coefficient (Wildman–Crippen LogP) is 4.03. The molecular weight excluding hydrogens is 390 g/mol. The van der Waals surface area contributed by atoms with Crippen molar-refractivity contribution in [3.63, 3.8) is 0 Å². The molecule has 1 aliphatic heterocycles. The van der Waals surface area contributed by atoms with Crippen LogP contribution in [0.1, 0.15) is 11.1 Å². The zero-order valence-electron chi connectivity index (χ0n) is 18.1. The number of hydrogen-bond donors (Lipinski definition) is 1. The van der Waals surface area contributed by atoms with Crippen molar-refractivity contribution in [3.8, 4) is 5.75 Å². The Morgan fingerprint density at radius 2 is 1.68 bits per heavy atom. The lowest BCUT2D eigenvalue weighted by Gasteiger charge is -2.29. The number of nitrogens with zero attached hydrogens (tertiary/aromatic N) is 2. The van der Waals surface area contributed by atoms with Crippen LogP contribution in [0.15, 0.2) is 60.7 Å². The summed E-state index contributed by atoms with van der Waals surface area (Å²) in [6.45, 7) is 4.44. The second kappa shape index (κ2) is 9.71. The second-order valence-corrected chi connectivity index (χ2v) is 7.83. The SMILES string of the molecule is COc1ccc2cc(CNC(=O)N(C)Cc3ccc(N4CCOCC4)cc3)ccc2c1. The van der Waals surface area contributed by atoms with Crippen LogP contribution in [-0.4, -0.2) is 51.4 Å². The van der Waals surface area contributed by atoms with Crippen LogP contribution in [-0.2, 0) is 17.8 Å². The number of methoxy groups -OCH3 is 1. The van der Waals surface area contributed by atoms with Gasteiger partial charge in [0, 0.05) is 38.9 Å². The highest BCUT2D eigenvalue weighted by molar-refractivity contribution is 5.84. The van der Waals surface area contributed by atoms with Gasteiger partial charge in [-0.3, -0.25) is 0 Å². The Labute approximate surface area is 183 Å². The van der Waals surface area contributed by atoms with Crippen molar-refractivity contribution < 1.29 is 14.3 Å². The Hall–Kier alpha value is -3.25. The molecule has 0 saturated carbocycles. The molecule has 3 aromatic carbocycles. The van der Waals surface area contributed by atoms with Gasteiger partial charge in [0.05, 0.1) is 20.3 Å². The molecule has 162 valence electrons. The maximum Gasteiger partial charge on any atom is 0.317 e. The number of carbonyl (C=O) groups is 1. The molecule has 31 heavy (non-hydrogen) atoms. The number of rotatable bonds is 6. The lowest BCUT2D eigenvalue weighted by molar-refractivity contribution is 0.122. The smallest absolute Gasteiger partial charge is 0.317 e. The summed E-state index contributed by atoms with van der Waals surface area (Å²) in [4.78, 5) is 16.6. The largest absolute Gasteiger partial charge is 0.497 e. The average Bonchev–Trinajstić information content (AvgIpc) is 2.83. The maximum absolute atomic E-state index is 12.6. The molecule has 6 nitrogen and oxygen atoms in total. The zero-order chi connectivity index (χ0) is 21.6. The predicted molar refractivity (Wildman–Crippen MR) is 124 cm³/mol. The van der Waals surface area contributed by atoms with E-state index in [1.807, 2.05) is 31.3 Å². The van der Waals surface area contributed by atoms with Crippen LogP contribution < -0.4 is 15.0 Å². The third-order valence-electron chi connectivity index (χ3n) is 5.63. The zero-order valence-corrected chi connectivity index (χ0v) is 18.1. The Kier molecular flexibility index (Phi) is 6.57. The van der Waals surface area contributed by atoms with Gasteiger partial charge in [-0.05, 0) is 52.2 Å². The number of hydrogen-bond acceptors (Lipinski definition) is 4.